The van der Waals surface area contributed by atoms with Crippen LogP contribution in [0.1, 0.15) is 38.7 Å². The predicted molar refractivity (Wildman–Crippen MR) is 73.1 cm³/mol. The van der Waals surface area contributed by atoms with Gasteiger partial charge in [-0.3, -0.25) is 4.79 Å². The van der Waals surface area contributed by atoms with Crippen molar-refractivity contribution >= 4 is 17.4 Å². The van der Waals surface area contributed by atoms with Gasteiger partial charge in [-0.2, -0.15) is 0 Å². The number of nitrogens with zero attached hydrogens (tertiary/aromatic N) is 1. The Morgan fingerprint density at radius 3 is 2.83 bits per heavy atom. The second kappa shape index (κ2) is 4.59. The van der Waals surface area contributed by atoms with E-state index < -0.39 is 0 Å². The van der Waals surface area contributed by atoms with E-state index in [2.05, 4.69) is 24.1 Å². The summed E-state index contributed by atoms with van der Waals surface area (Å²) in [6, 6.07) is 1.81. The first-order valence-corrected chi connectivity index (χ1v) is 6.43. The topological polar surface area (TPSA) is 68.0 Å². The van der Waals surface area contributed by atoms with Crippen LogP contribution >= 0.6 is 0 Å². The quantitative estimate of drug-likeness (QED) is 0.844. The summed E-state index contributed by atoms with van der Waals surface area (Å²) >= 11 is 0. The van der Waals surface area contributed by atoms with Gasteiger partial charge >= 0.3 is 0 Å². The van der Waals surface area contributed by atoms with Gasteiger partial charge in [0.1, 0.15) is 5.82 Å². The Morgan fingerprint density at radius 2 is 2.28 bits per heavy atom. The number of aryl methyl sites for hydroxylation is 1. The summed E-state index contributed by atoms with van der Waals surface area (Å²) in [6.45, 7) is 6.23. The molecule has 0 spiro atoms. The van der Waals surface area contributed by atoms with Crippen molar-refractivity contribution in [1.29, 1.82) is 0 Å². The number of nitrogens with one attached hydrogen (secondary N) is 1. The highest BCUT2D eigenvalue weighted by Gasteiger charge is 2.39. The van der Waals surface area contributed by atoms with Crippen LogP contribution < -0.4 is 11.1 Å². The molecule has 0 aliphatic heterocycles. The van der Waals surface area contributed by atoms with Gasteiger partial charge in [0.05, 0.1) is 11.9 Å². The second-order valence-electron chi connectivity index (χ2n) is 5.85. The number of carbonyl (C=O) groups excluding carboxylic acids is 1. The molecular formula is C14H21N3O. The lowest BCUT2D eigenvalue weighted by Crippen LogP contribution is -2.31. The van der Waals surface area contributed by atoms with Crippen molar-refractivity contribution in [2.45, 2.75) is 40.0 Å². The molecule has 1 amide bonds. The zero-order chi connectivity index (χ0) is 13.3. The zero-order valence-corrected chi connectivity index (χ0v) is 11.3. The lowest BCUT2D eigenvalue weighted by atomic mass is 9.81. The number of carbonyl (C=O) groups is 1. The minimum atomic E-state index is 0.0779. The molecule has 4 heteroatoms. The molecule has 2 rings (SSSR count). The van der Waals surface area contributed by atoms with Gasteiger partial charge in [0.2, 0.25) is 5.91 Å². The molecule has 0 saturated heterocycles. The van der Waals surface area contributed by atoms with Gasteiger partial charge in [-0.25, -0.2) is 4.98 Å². The van der Waals surface area contributed by atoms with Crippen LogP contribution in [0.25, 0.3) is 0 Å². The van der Waals surface area contributed by atoms with Crippen LogP contribution in [0.3, 0.4) is 0 Å². The minimum Gasteiger partial charge on any atom is -0.397 e. The number of nitrogens with two attached hydrogens (primary N) is 1. The third-order valence-electron chi connectivity index (χ3n) is 3.98. The first-order valence-electron chi connectivity index (χ1n) is 6.43. The van der Waals surface area contributed by atoms with Crippen molar-refractivity contribution in [2.75, 3.05) is 11.1 Å². The molecule has 0 radical (unpaired) electrons. The molecule has 1 unspecified atom stereocenters. The Labute approximate surface area is 108 Å². The average molecular weight is 247 g/mol. The van der Waals surface area contributed by atoms with Gasteiger partial charge < -0.3 is 11.1 Å². The molecule has 1 atom stereocenters. The standard InChI is InChI=1S/C14H21N3O/c1-9-7-12(16-8-11(9)15)17-13(18)10-5-4-6-14(10,2)3/h7-8,10H,4-6,15H2,1-3H3,(H,16,17,18). The molecule has 0 aromatic carbocycles. The molecule has 3 N–H and O–H groups in total. The monoisotopic (exact) mass is 247 g/mol. The highest BCUT2D eigenvalue weighted by atomic mass is 16.2. The van der Waals surface area contributed by atoms with Crippen LogP contribution in [0.5, 0.6) is 0 Å². The summed E-state index contributed by atoms with van der Waals surface area (Å²) in [4.78, 5) is 16.4. The first-order chi connectivity index (χ1) is 8.40. The largest absolute Gasteiger partial charge is 0.397 e. The van der Waals surface area contributed by atoms with Crippen LogP contribution in [0.15, 0.2) is 12.3 Å². The van der Waals surface area contributed by atoms with Gasteiger partial charge in [-0.1, -0.05) is 20.3 Å². The molecule has 1 aromatic heterocycles. The van der Waals surface area contributed by atoms with Gasteiger partial charge in [-0.05, 0) is 36.8 Å². The highest BCUT2D eigenvalue weighted by Crippen LogP contribution is 2.42. The van der Waals surface area contributed by atoms with Crippen LogP contribution in [0.4, 0.5) is 11.5 Å². The Morgan fingerprint density at radius 1 is 1.56 bits per heavy atom. The number of pyridine rings is 1. The van der Waals surface area contributed by atoms with Crippen LogP contribution in [0, 0.1) is 18.3 Å². The Hall–Kier alpha value is -1.58. The van der Waals surface area contributed by atoms with Crippen molar-refractivity contribution < 1.29 is 4.79 Å². The molecule has 18 heavy (non-hydrogen) atoms. The normalized spacial score (nSPS) is 21.8. The maximum atomic E-state index is 12.2. The van der Waals surface area contributed by atoms with E-state index in [9.17, 15) is 4.79 Å². The number of rotatable bonds is 2. The van der Waals surface area contributed by atoms with E-state index in [1.165, 1.54) is 0 Å². The van der Waals surface area contributed by atoms with Gasteiger partial charge in [-0.15, -0.1) is 0 Å². The number of aromatic nitrogens is 1. The van der Waals surface area contributed by atoms with E-state index in [0.717, 1.165) is 24.8 Å². The molecule has 1 fully saturated rings. The van der Waals surface area contributed by atoms with E-state index in [4.69, 9.17) is 5.73 Å². The number of nitrogen functional groups attached to an aromatic ring is 1. The molecule has 98 valence electrons. The molecular weight excluding hydrogens is 226 g/mol. The van der Waals surface area contributed by atoms with Gasteiger partial charge in [0, 0.05) is 5.92 Å². The molecule has 0 bridgehead atoms. The summed E-state index contributed by atoms with van der Waals surface area (Å²) in [5, 5.41) is 2.90. The Kier molecular flexibility index (Phi) is 3.28. The van der Waals surface area contributed by atoms with Crippen LogP contribution in [-0.2, 0) is 4.79 Å². The van der Waals surface area contributed by atoms with E-state index >= 15 is 0 Å². The van der Waals surface area contributed by atoms with E-state index in [0.29, 0.717) is 11.5 Å². The minimum absolute atomic E-state index is 0.0779. The van der Waals surface area contributed by atoms with Crippen molar-refractivity contribution in [1.82, 2.24) is 4.98 Å². The van der Waals surface area contributed by atoms with Crippen molar-refractivity contribution in [3.8, 4) is 0 Å². The Balaban J connectivity index is 2.09. The van der Waals surface area contributed by atoms with Crippen molar-refractivity contribution in [3.05, 3.63) is 17.8 Å². The third kappa shape index (κ3) is 2.47. The van der Waals surface area contributed by atoms with Crippen molar-refractivity contribution in [2.24, 2.45) is 11.3 Å². The van der Waals surface area contributed by atoms with Crippen LogP contribution in [0.2, 0.25) is 0 Å². The lowest BCUT2D eigenvalue weighted by molar-refractivity contribution is -0.122. The second-order valence-corrected chi connectivity index (χ2v) is 5.85. The molecule has 1 aliphatic carbocycles. The van der Waals surface area contributed by atoms with Gasteiger partial charge in [0.25, 0.3) is 0 Å². The smallest absolute Gasteiger partial charge is 0.229 e. The maximum absolute atomic E-state index is 12.2. The molecule has 4 nitrogen and oxygen atoms in total. The molecule has 1 saturated carbocycles. The van der Waals surface area contributed by atoms with E-state index in [1.54, 1.807) is 6.20 Å². The number of anilines is 2. The molecule has 1 heterocycles. The SMILES string of the molecule is Cc1cc(NC(=O)C2CCCC2(C)C)ncc1N. The zero-order valence-electron chi connectivity index (χ0n) is 11.3. The average Bonchev–Trinajstić information content (AvgIpc) is 2.63. The fourth-order valence-corrected chi connectivity index (χ4v) is 2.66. The molecule has 1 aliphatic rings. The van der Waals surface area contributed by atoms with E-state index in [1.807, 2.05) is 13.0 Å². The fourth-order valence-electron chi connectivity index (χ4n) is 2.66. The summed E-state index contributed by atoms with van der Waals surface area (Å²) < 4.78 is 0. The maximum Gasteiger partial charge on any atom is 0.229 e. The summed E-state index contributed by atoms with van der Waals surface area (Å²) in [5.41, 5.74) is 7.38. The summed E-state index contributed by atoms with van der Waals surface area (Å²) in [5.74, 6) is 0.751. The lowest BCUT2D eigenvalue weighted by Gasteiger charge is -2.25. The fraction of sp³-hybridized carbons (Fsp3) is 0.571. The first kappa shape index (κ1) is 12.9. The van der Waals surface area contributed by atoms with Gasteiger partial charge in [0.15, 0.2) is 0 Å². The summed E-state index contributed by atoms with van der Waals surface area (Å²) in [6.07, 6.45) is 4.79. The number of hydrogen-bond donors (Lipinski definition) is 2. The highest BCUT2D eigenvalue weighted by molar-refractivity contribution is 5.92. The number of amides is 1. The van der Waals surface area contributed by atoms with E-state index in [-0.39, 0.29) is 17.2 Å². The summed E-state index contributed by atoms with van der Waals surface area (Å²) in [7, 11) is 0. The Bertz CT molecular complexity index is 468. The predicted octanol–water partition coefficient (Wildman–Crippen LogP) is 2.74. The van der Waals surface area contributed by atoms with Crippen LogP contribution in [-0.4, -0.2) is 10.9 Å². The number of hydrogen-bond acceptors (Lipinski definition) is 3. The molecule has 1 aromatic rings. The van der Waals surface area contributed by atoms with Crippen molar-refractivity contribution in [3.63, 3.8) is 0 Å². The third-order valence-corrected chi connectivity index (χ3v) is 3.98.